The van der Waals surface area contributed by atoms with Crippen LogP contribution in [0.4, 0.5) is 5.82 Å². The molecule has 0 fully saturated rings. The van der Waals surface area contributed by atoms with Gasteiger partial charge in [-0.3, -0.25) is 0 Å². The molecule has 0 unspecified atom stereocenters. The number of hydrogen-bond donors (Lipinski definition) is 2. The van der Waals surface area contributed by atoms with Crippen molar-refractivity contribution in [1.82, 2.24) is 4.98 Å². The topological polar surface area (TPSA) is 62.4 Å². The van der Waals surface area contributed by atoms with E-state index < -0.39 is 0 Å². The second-order valence-electron chi connectivity index (χ2n) is 5.52. The van der Waals surface area contributed by atoms with E-state index in [0.717, 1.165) is 37.1 Å². The van der Waals surface area contributed by atoms with Crippen LogP contribution in [0.1, 0.15) is 49.9 Å². The summed E-state index contributed by atoms with van der Waals surface area (Å²) in [5.74, 6) is 0.996. The lowest BCUT2D eigenvalue weighted by molar-refractivity contribution is 0.295. The van der Waals surface area contributed by atoms with Crippen molar-refractivity contribution in [3.05, 3.63) is 22.9 Å². The summed E-state index contributed by atoms with van der Waals surface area (Å²) >= 11 is 0. The Balaban J connectivity index is 2.41. The summed E-state index contributed by atoms with van der Waals surface area (Å²) in [5.41, 5.74) is 9.64. The molecular weight excluding hydrogens is 250 g/mol. The van der Waals surface area contributed by atoms with Crippen molar-refractivity contribution in [2.24, 2.45) is 5.73 Å². The average molecular weight is 277 g/mol. The van der Waals surface area contributed by atoms with Gasteiger partial charge in [0, 0.05) is 30.4 Å². The lowest BCUT2D eigenvalue weighted by Crippen LogP contribution is -2.38. The molecule has 3 N–H and O–H groups in total. The highest BCUT2D eigenvalue weighted by molar-refractivity contribution is 5.51. The number of nitrogens with two attached hydrogens (primary N) is 1. The fourth-order valence-electron chi connectivity index (χ4n) is 3.21. The lowest BCUT2D eigenvalue weighted by Gasteiger charge is -2.33. The fourth-order valence-corrected chi connectivity index (χ4v) is 3.21. The van der Waals surface area contributed by atoms with Crippen molar-refractivity contribution >= 4 is 5.82 Å². The average Bonchev–Trinajstić information content (AvgIpc) is 2.93. The summed E-state index contributed by atoms with van der Waals surface area (Å²) in [6.07, 6.45) is 5.50. The van der Waals surface area contributed by atoms with Gasteiger partial charge in [0.15, 0.2) is 0 Å². The van der Waals surface area contributed by atoms with Gasteiger partial charge in [-0.15, -0.1) is 0 Å². The second kappa shape index (κ2) is 7.04. The summed E-state index contributed by atoms with van der Waals surface area (Å²) in [6.45, 7) is 5.67. The molecule has 0 saturated carbocycles. The number of aliphatic hydroxyl groups is 1. The molecule has 1 aromatic heterocycles. The minimum Gasteiger partial charge on any atom is -0.395 e. The Kier molecular flexibility index (Phi) is 5.38. The molecule has 0 bridgehead atoms. The van der Waals surface area contributed by atoms with Gasteiger partial charge in [0.25, 0.3) is 0 Å². The van der Waals surface area contributed by atoms with Crippen LogP contribution in [0, 0.1) is 0 Å². The first-order valence-electron chi connectivity index (χ1n) is 7.84. The first-order chi connectivity index (χ1) is 9.74. The number of pyridine rings is 1. The van der Waals surface area contributed by atoms with Gasteiger partial charge < -0.3 is 15.7 Å². The summed E-state index contributed by atoms with van der Waals surface area (Å²) in [6, 6.07) is 2.65. The van der Waals surface area contributed by atoms with Crippen LogP contribution in [-0.4, -0.2) is 29.3 Å². The molecule has 112 valence electrons. The molecular formula is C16H27N3O. The van der Waals surface area contributed by atoms with Gasteiger partial charge in [0.2, 0.25) is 0 Å². The second-order valence-corrected chi connectivity index (χ2v) is 5.52. The molecule has 1 aromatic rings. The highest BCUT2D eigenvalue weighted by Gasteiger charge is 2.22. The van der Waals surface area contributed by atoms with Crippen molar-refractivity contribution < 1.29 is 5.11 Å². The molecule has 4 heteroatoms. The standard InChI is InChI=1S/C16H27N3O/c1-3-14(4-2)19(8-9-20)16-13(11-17)10-12-6-5-7-15(12)18-16/h10,14,20H,3-9,11,17H2,1-2H3. The zero-order valence-electron chi connectivity index (χ0n) is 12.7. The number of rotatable bonds is 7. The van der Waals surface area contributed by atoms with E-state index in [2.05, 4.69) is 24.8 Å². The number of aryl methyl sites for hydroxylation is 2. The molecule has 20 heavy (non-hydrogen) atoms. The van der Waals surface area contributed by atoms with E-state index in [1.165, 1.54) is 17.7 Å². The molecule has 0 aromatic carbocycles. The van der Waals surface area contributed by atoms with Crippen LogP contribution in [0.2, 0.25) is 0 Å². The first kappa shape index (κ1) is 15.3. The molecule has 0 aliphatic heterocycles. The monoisotopic (exact) mass is 277 g/mol. The molecule has 0 atom stereocenters. The third-order valence-corrected chi connectivity index (χ3v) is 4.32. The van der Waals surface area contributed by atoms with E-state index in [1.54, 1.807) is 0 Å². The Morgan fingerprint density at radius 1 is 1.35 bits per heavy atom. The summed E-state index contributed by atoms with van der Waals surface area (Å²) in [4.78, 5) is 7.15. The number of hydrogen-bond acceptors (Lipinski definition) is 4. The van der Waals surface area contributed by atoms with Crippen LogP contribution in [-0.2, 0) is 19.4 Å². The van der Waals surface area contributed by atoms with Crippen molar-refractivity contribution in [3.8, 4) is 0 Å². The number of fused-ring (bicyclic) bond motifs is 1. The predicted molar refractivity (Wildman–Crippen MR) is 83.0 cm³/mol. The normalized spacial score (nSPS) is 13.8. The zero-order valence-corrected chi connectivity index (χ0v) is 12.7. The van der Waals surface area contributed by atoms with E-state index in [-0.39, 0.29) is 6.61 Å². The van der Waals surface area contributed by atoms with Gasteiger partial charge in [-0.05, 0) is 43.7 Å². The van der Waals surface area contributed by atoms with Gasteiger partial charge >= 0.3 is 0 Å². The van der Waals surface area contributed by atoms with Crippen LogP contribution in [0.25, 0.3) is 0 Å². The maximum atomic E-state index is 9.39. The van der Waals surface area contributed by atoms with Crippen LogP contribution >= 0.6 is 0 Å². The molecule has 1 aliphatic carbocycles. The first-order valence-corrected chi connectivity index (χ1v) is 7.84. The van der Waals surface area contributed by atoms with Crippen LogP contribution in [0.15, 0.2) is 6.07 Å². The Hall–Kier alpha value is -1.13. The van der Waals surface area contributed by atoms with E-state index in [0.29, 0.717) is 19.1 Å². The molecule has 0 amide bonds. The summed E-state index contributed by atoms with van der Waals surface area (Å²) in [5, 5.41) is 9.39. The number of nitrogens with zero attached hydrogens (tertiary/aromatic N) is 2. The van der Waals surface area contributed by atoms with Crippen molar-refractivity contribution in [2.75, 3.05) is 18.1 Å². The van der Waals surface area contributed by atoms with E-state index in [4.69, 9.17) is 10.7 Å². The Labute approximate surface area is 122 Å². The SMILES string of the molecule is CCC(CC)N(CCO)c1nc2c(cc1CN)CCC2. The van der Waals surface area contributed by atoms with E-state index in [1.807, 2.05) is 0 Å². The number of aromatic nitrogens is 1. The molecule has 4 nitrogen and oxygen atoms in total. The Morgan fingerprint density at radius 2 is 2.10 bits per heavy atom. The van der Waals surface area contributed by atoms with Gasteiger partial charge in [-0.1, -0.05) is 13.8 Å². The van der Waals surface area contributed by atoms with Crippen molar-refractivity contribution in [3.63, 3.8) is 0 Å². The third-order valence-electron chi connectivity index (χ3n) is 4.32. The van der Waals surface area contributed by atoms with Gasteiger partial charge in [-0.2, -0.15) is 0 Å². The molecule has 0 spiro atoms. The quantitative estimate of drug-likeness (QED) is 0.800. The minimum atomic E-state index is 0.152. The number of aliphatic hydroxyl groups excluding tert-OH is 1. The summed E-state index contributed by atoms with van der Waals surface area (Å²) in [7, 11) is 0. The Bertz CT molecular complexity index is 444. The van der Waals surface area contributed by atoms with Crippen LogP contribution in [0.5, 0.6) is 0 Å². The molecule has 1 aliphatic rings. The van der Waals surface area contributed by atoms with E-state index in [9.17, 15) is 5.11 Å². The predicted octanol–water partition coefficient (Wildman–Crippen LogP) is 2.02. The maximum absolute atomic E-state index is 9.39. The van der Waals surface area contributed by atoms with Crippen LogP contribution < -0.4 is 10.6 Å². The Morgan fingerprint density at radius 3 is 2.70 bits per heavy atom. The third kappa shape index (κ3) is 2.96. The van der Waals surface area contributed by atoms with Crippen LogP contribution in [0.3, 0.4) is 0 Å². The number of anilines is 1. The summed E-state index contributed by atoms with van der Waals surface area (Å²) < 4.78 is 0. The van der Waals surface area contributed by atoms with Gasteiger partial charge in [0.1, 0.15) is 5.82 Å². The largest absolute Gasteiger partial charge is 0.395 e. The zero-order chi connectivity index (χ0) is 14.5. The van der Waals surface area contributed by atoms with E-state index >= 15 is 0 Å². The maximum Gasteiger partial charge on any atom is 0.133 e. The van der Waals surface area contributed by atoms with Crippen molar-refractivity contribution in [2.45, 2.75) is 58.5 Å². The highest BCUT2D eigenvalue weighted by atomic mass is 16.3. The van der Waals surface area contributed by atoms with Gasteiger partial charge in [-0.25, -0.2) is 4.98 Å². The fraction of sp³-hybridized carbons (Fsp3) is 0.688. The molecule has 0 saturated heterocycles. The minimum absolute atomic E-state index is 0.152. The molecule has 1 heterocycles. The van der Waals surface area contributed by atoms with Crippen molar-refractivity contribution in [1.29, 1.82) is 0 Å². The lowest BCUT2D eigenvalue weighted by atomic mass is 10.1. The molecule has 0 radical (unpaired) electrons. The smallest absolute Gasteiger partial charge is 0.133 e. The molecule has 2 rings (SSSR count). The van der Waals surface area contributed by atoms with Gasteiger partial charge in [0.05, 0.1) is 6.61 Å². The highest BCUT2D eigenvalue weighted by Crippen LogP contribution is 2.29.